The maximum Gasteiger partial charge on any atom is 0.266 e. The molecule has 0 fully saturated rings. The van der Waals surface area contributed by atoms with E-state index in [2.05, 4.69) is 10.6 Å². The molecule has 0 saturated carbocycles. The molecule has 0 bridgehead atoms. The fourth-order valence-electron chi connectivity index (χ4n) is 3.36. The summed E-state index contributed by atoms with van der Waals surface area (Å²) in [6, 6.07) is 31.3. The molecule has 0 radical (unpaired) electrons. The first kappa shape index (κ1) is 22.3. The van der Waals surface area contributed by atoms with Crippen molar-refractivity contribution >= 4 is 40.0 Å². The van der Waals surface area contributed by atoms with Crippen molar-refractivity contribution in [1.29, 1.82) is 5.26 Å². The van der Waals surface area contributed by atoms with Crippen LogP contribution in [-0.4, -0.2) is 18.4 Å². The van der Waals surface area contributed by atoms with E-state index in [-0.39, 0.29) is 18.1 Å². The van der Waals surface area contributed by atoms with Gasteiger partial charge in [-0.2, -0.15) is 5.26 Å². The van der Waals surface area contributed by atoms with E-state index in [1.165, 1.54) is 6.08 Å². The second-order valence-corrected chi connectivity index (χ2v) is 7.43. The lowest BCUT2D eigenvalue weighted by Gasteiger charge is -2.10. The summed E-state index contributed by atoms with van der Waals surface area (Å²) in [7, 11) is 0. The molecule has 0 spiro atoms. The summed E-state index contributed by atoms with van der Waals surface area (Å²) in [6.45, 7) is -0.217. The molecule has 0 atom stereocenters. The molecule has 166 valence electrons. The van der Waals surface area contributed by atoms with Crippen molar-refractivity contribution in [3.8, 4) is 11.8 Å². The minimum Gasteiger partial charge on any atom is -0.483 e. The number of rotatable bonds is 7. The highest BCUT2D eigenvalue weighted by atomic mass is 16.5. The summed E-state index contributed by atoms with van der Waals surface area (Å²) in [5.74, 6) is -0.467. The predicted octanol–water partition coefficient (Wildman–Crippen LogP) is 5.40. The van der Waals surface area contributed by atoms with Gasteiger partial charge in [-0.25, -0.2) is 0 Å². The lowest BCUT2D eigenvalue weighted by molar-refractivity contribution is -0.118. The highest BCUT2D eigenvalue weighted by Crippen LogP contribution is 2.23. The molecule has 0 aliphatic heterocycles. The standard InChI is InChI=1S/C28H21N3O3/c29-18-23(28(33)31-25-15-14-20-8-4-5-9-21(20)17-25)16-22-10-6-7-13-26(22)34-19-27(32)30-24-11-2-1-3-12-24/h1-17H,19H2,(H,30,32)(H,31,33)/b23-16+. The lowest BCUT2D eigenvalue weighted by Crippen LogP contribution is -2.20. The summed E-state index contributed by atoms with van der Waals surface area (Å²) in [5, 5.41) is 17.1. The molecular weight excluding hydrogens is 426 g/mol. The average molecular weight is 447 g/mol. The largest absolute Gasteiger partial charge is 0.483 e. The third-order valence-corrected chi connectivity index (χ3v) is 5.01. The van der Waals surface area contributed by atoms with Gasteiger partial charge in [0.05, 0.1) is 0 Å². The van der Waals surface area contributed by atoms with Gasteiger partial charge in [-0.15, -0.1) is 0 Å². The van der Waals surface area contributed by atoms with E-state index in [1.54, 1.807) is 42.5 Å². The second-order valence-electron chi connectivity index (χ2n) is 7.43. The third-order valence-electron chi connectivity index (χ3n) is 5.01. The van der Waals surface area contributed by atoms with Crippen LogP contribution >= 0.6 is 0 Å². The number of hydrogen-bond donors (Lipinski definition) is 2. The van der Waals surface area contributed by atoms with E-state index in [0.29, 0.717) is 22.7 Å². The van der Waals surface area contributed by atoms with Crippen molar-refractivity contribution < 1.29 is 14.3 Å². The number of fused-ring (bicyclic) bond motifs is 1. The second kappa shape index (κ2) is 10.6. The van der Waals surface area contributed by atoms with Crippen LogP contribution in [0.4, 0.5) is 11.4 Å². The first-order valence-corrected chi connectivity index (χ1v) is 10.6. The molecule has 34 heavy (non-hydrogen) atoms. The molecule has 0 heterocycles. The fraction of sp³-hybridized carbons (Fsp3) is 0.0357. The number of benzene rings is 4. The molecule has 6 nitrogen and oxygen atoms in total. The van der Waals surface area contributed by atoms with Gasteiger partial charge in [-0.3, -0.25) is 9.59 Å². The molecule has 0 aliphatic rings. The number of anilines is 2. The Kier molecular flexibility index (Phi) is 6.97. The molecule has 0 unspecified atom stereocenters. The Morgan fingerprint density at radius 3 is 2.29 bits per heavy atom. The SMILES string of the molecule is N#C/C(=C\c1ccccc1OCC(=O)Nc1ccccc1)C(=O)Nc1ccc2ccccc2c1. The van der Waals surface area contributed by atoms with Crippen LogP contribution in [0.25, 0.3) is 16.8 Å². The molecule has 0 saturated heterocycles. The summed E-state index contributed by atoms with van der Waals surface area (Å²) in [6.07, 6.45) is 1.45. The van der Waals surface area contributed by atoms with E-state index in [1.807, 2.05) is 60.7 Å². The molecule has 4 aromatic rings. The minimum absolute atomic E-state index is 0.0852. The summed E-state index contributed by atoms with van der Waals surface area (Å²) in [4.78, 5) is 25.0. The average Bonchev–Trinajstić information content (AvgIpc) is 2.87. The Bertz CT molecular complexity index is 1410. The van der Waals surface area contributed by atoms with Crippen LogP contribution in [0.15, 0.2) is 103 Å². The van der Waals surface area contributed by atoms with Crippen LogP contribution in [0, 0.1) is 11.3 Å². The maximum absolute atomic E-state index is 12.8. The first-order chi connectivity index (χ1) is 16.6. The van der Waals surface area contributed by atoms with Gasteiger partial charge in [0, 0.05) is 16.9 Å². The van der Waals surface area contributed by atoms with Crippen LogP contribution in [0.1, 0.15) is 5.56 Å². The van der Waals surface area contributed by atoms with Crippen LogP contribution in [0.2, 0.25) is 0 Å². The van der Waals surface area contributed by atoms with Gasteiger partial charge in [0.25, 0.3) is 11.8 Å². The molecule has 0 aliphatic carbocycles. The van der Waals surface area contributed by atoms with Gasteiger partial charge in [-0.05, 0) is 47.2 Å². The van der Waals surface area contributed by atoms with Crippen molar-refractivity contribution in [3.05, 3.63) is 108 Å². The van der Waals surface area contributed by atoms with Crippen LogP contribution in [0.3, 0.4) is 0 Å². The zero-order chi connectivity index (χ0) is 23.8. The van der Waals surface area contributed by atoms with Gasteiger partial charge in [0.1, 0.15) is 17.4 Å². The van der Waals surface area contributed by atoms with Gasteiger partial charge < -0.3 is 15.4 Å². The normalized spacial score (nSPS) is 10.9. The van der Waals surface area contributed by atoms with Crippen LogP contribution < -0.4 is 15.4 Å². The predicted molar refractivity (Wildman–Crippen MR) is 133 cm³/mol. The maximum atomic E-state index is 12.8. The number of ether oxygens (including phenoxy) is 1. The highest BCUT2D eigenvalue weighted by molar-refractivity contribution is 6.10. The van der Waals surface area contributed by atoms with Gasteiger partial charge >= 0.3 is 0 Å². The number of nitrogens with zero attached hydrogens (tertiary/aromatic N) is 1. The lowest BCUT2D eigenvalue weighted by atomic mass is 10.1. The van der Waals surface area contributed by atoms with E-state index < -0.39 is 5.91 Å². The third kappa shape index (κ3) is 5.67. The van der Waals surface area contributed by atoms with Crippen LogP contribution in [-0.2, 0) is 9.59 Å². The van der Waals surface area contributed by atoms with Crippen molar-refractivity contribution in [1.82, 2.24) is 0 Å². The number of carbonyl (C=O) groups excluding carboxylic acids is 2. The van der Waals surface area contributed by atoms with E-state index in [0.717, 1.165) is 10.8 Å². The van der Waals surface area contributed by atoms with Gasteiger partial charge in [0.2, 0.25) is 0 Å². The minimum atomic E-state index is -0.533. The van der Waals surface area contributed by atoms with Crippen molar-refractivity contribution in [3.63, 3.8) is 0 Å². The Labute approximate surface area is 197 Å². The summed E-state index contributed by atoms with van der Waals surface area (Å²) >= 11 is 0. The number of carbonyl (C=O) groups is 2. The monoisotopic (exact) mass is 447 g/mol. The number of amides is 2. The molecule has 0 aromatic heterocycles. The Morgan fingerprint density at radius 2 is 1.50 bits per heavy atom. The molecule has 4 rings (SSSR count). The quantitative estimate of drug-likeness (QED) is 0.293. The van der Waals surface area contributed by atoms with E-state index in [9.17, 15) is 14.9 Å². The number of nitriles is 1. The summed E-state index contributed by atoms with van der Waals surface area (Å²) < 4.78 is 5.67. The van der Waals surface area contributed by atoms with Gasteiger partial charge in [-0.1, -0.05) is 66.7 Å². The Hall–Kier alpha value is -4.89. The highest BCUT2D eigenvalue weighted by Gasteiger charge is 2.12. The zero-order valence-corrected chi connectivity index (χ0v) is 18.2. The molecule has 2 N–H and O–H groups in total. The van der Waals surface area contributed by atoms with Crippen LogP contribution in [0.5, 0.6) is 5.75 Å². The van der Waals surface area contributed by atoms with Crippen molar-refractivity contribution in [2.45, 2.75) is 0 Å². The number of para-hydroxylation sites is 2. The van der Waals surface area contributed by atoms with E-state index >= 15 is 0 Å². The molecule has 2 amide bonds. The zero-order valence-electron chi connectivity index (χ0n) is 18.2. The fourth-order valence-corrected chi connectivity index (χ4v) is 3.36. The topological polar surface area (TPSA) is 91.2 Å². The first-order valence-electron chi connectivity index (χ1n) is 10.6. The van der Waals surface area contributed by atoms with E-state index in [4.69, 9.17) is 4.74 Å². The molecular formula is C28H21N3O3. The Morgan fingerprint density at radius 1 is 0.794 bits per heavy atom. The van der Waals surface area contributed by atoms with Crippen molar-refractivity contribution in [2.75, 3.05) is 17.2 Å². The van der Waals surface area contributed by atoms with Crippen molar-refractivity contribution in [2.24, 2.45) is 0 Å². The summed E-state index contributed by atoms with van der Waals surface area (Å²) in [5.41, 5.74) is 1.69. The smallest absolute Gasteiger partial charge is 0.266 e. The Balaban J connectivity index is 1.46. The van der Waals surface area contributed by atoms with Gasteiger partial charge in [0.15, 0.2) is 6.61 Å². The number of hydrogen-bond acceptors (Lipinski definition) is 4. The molecule has 4 aromatic carbocycles. The molecule has 6 heteroatoms. The number of nitrogens with one attached hydrogen (secondary N) is 2.